The Morgan fingerprint density at radius 2 is 1.59 bits per heavy atom. The van der Waals surface area contributed by atoms with E-state index in [4.69, 9.17) is 0 Å². The number of aryl methyl sites for hydroxylation is 1. The van der Waals surface area contributed by atoms with Crippen LogP contribution in [0.3, 0.4) is 0 Å². The molecule has 0 bridgehead atoms. The standard InChI is InChI=1S/C15H20N4O2S/c1-4-12-5-7-13(8-6-12)22(20,21)19-15-10-9-14(17-18-15)16-11(2)3/h5-11H,4H2,1-3H3,(H,16,17)(H,18,19). The summed E-state index contributed by atoms with van der Waals surface area (Å²) in [5, 5.41) is 10.9. The van der Waals surface area contributed by atoms with Gasteiger partial charge in [0.25, 0.3) is 10.0 Å². The van der Waals surface area contributed by atoms with Crippen molar-refractivity contribution in [1.82, 2.24) is 10.2 Å². The second-order valence-corrected chi connectivity index (χ2v) is 6.89. The molecule has 0 radical (unpaired) electrons. The smallest absolute Gasteiger partial charge is 0.263 e. The zero-order chi connectivity index (χ0) is 16.2. The van der Waals surface area contributed by atoms with Crippen LogP contribution < -0.4 is 10.0 Å². The number of aromatic nitrogens is 2. The lowest BCUT2D eigenvalue weighted by atomic mass is 10.2. The Labute approximate surface area is 131 Å². The van der Waals surface area contributed by atoms with Gasteiger partial charge in [-0.05, 0) is 50.1 Å². The third-order valence-electron chi connectivity index (χ3n) is 2.98. The first-order chi connectivity index (χ1) is 10.4. The Kier molecular flexibility index (Phi) is 4.97. The van der Waals surface area contributed by atoms with Crippen molar-refractivity contribution >= 4 is 21.7 Å². The first kappa shape index (κ1) is 16.2. The van der Waals surface area contributed by atoms with E-state index in [0.29, 0.717) is 5.82 Å². The second-order valence-electron chi connectivity index (χ2n) is 5.21. The van der Waals surface area contributed by atoms with Gasteiger partial charge in [0.1, 0.15) is 5.82 Å². The van der Waals surface area contributed by atoms with E-state index in [1.54, 1.807) is 36.4 Å². The van der Waals surface area contributed by atoms with Crippen molar-refractivity contribution in [3.8, 4) is 0 Å². The van der Waals surface area contributed by atoms with Crippen LogP contribution in [0.1, 0.15) is 26.3 Å². The van der Waals surface area contributed by atoms with E-state index >= 15 is 0 Å². The van der Waals surface area contributed by atoms with Gasteiger partial charge in [-0.15, -0.1) is 10.2 Å². The van der Waals surface area contributed by atoms with Crippen LogP contribution in [0.15, 0.2) is 41.3 Å². The van der Waals surface area contributed by atoms with Gasteiger partial charge in [0.05, 0.1) is 4.90 Å². The summed E-state index contributed by atoms with van der Waals surface area (Å²) in [7, 11) is -3.65. The van der Waals surface area contributed by atoms with Crippen molar-refractivity contribution in [2.24, 2.45) is 0 Å². The maximum Gasteiger partial charge on any atom is 0.263 e. The summed E-state index contributed by atoms with van der Waals surface area (Å²) in [6.45, 7) is 5.99. The van der Waals surface area contributed by atoms with Crippen molar-refractivity contribution in [2.75, 3.05) is 10.0 Å². The lowest BCUT2D eigenvalue weighted by Crippen LogP contribution is -2.15. The van der Waals surface area contributed by atoms with E-state index in [9.17, 15) is 8.42 Å². The molecule has 22 heavy (non-hydrogen) atoms. The number of hydrogen-bond donors (Lipinski definition) is 2. The average Bonchev–Trinajstić information content (AvgIpc) is 2.48. The molecule has 2 rings (SSSR count). The van der Waals surface area contributed by atoms with Crippen LogP contribution in [-0.4, -0.2) is 24.7 Å². The summed E-state index contributed by atoms with van der Waals surface area (Å²) in [5.74, 6) is 0.791. The van der Waals surface area contributed by atoms with Crippen LogP contribution in [0.5, 0.6) is 0 Å². The minimum atomic E-state index is -3.65. The predicted molar refractivity (Wildman–Crippen MR) is 87.4 cm³/mol. The van der Waals surface area contributed by atoms with E-state index in [1.807, 2.05) is 20.8 Å². The molecule has 0 saturated carbocycles. The van der Waals surface area contributed by atoms with Gasteiger partial charge < -0.3 is 5.32 Å². The molecule has 2 aromatic rings. The summed E-state index contributed by atoms with van der Waals surface area (Å²) in [6, 6.07) is 10.3. The third kappa shape index (κ3) is 4.17. The maximum absolute atomic E-state index is 12.3. The first-order valence-corrected chi connectivity index (χ1v) is 8.61. The third-order valence-corrected chi connectivity index (χ3v) is 4.35. The minimum absolute atomic E-state index is 0.189. The van der Waals surface area contributed by atoms with E-state index in [0.717, 1.165) is 12.0 Å². The van der Waals surface area contributed by atoms with Crippen molar-refractivity contribution < 1.29 is 8.42 Å². The highest BCUT2D eigenvalue weighted by Gasteiger charge is 2.15. The molecule has 1 aromatic carbocycles. The summed E-state index contributed by atoms with van der Waals surface area (Å²) >= 11 is 0. The number of hydrogen-bond acceptors (Lipinski definition) is 5. The van der Waals surface area contributed by atoms with Crippen LogP contribution in [0.4, 0.5) is 11.6 Å². The van der Waals surface area contributed by atoms with Crippen molar-refractivity contribution in [1.29, 1.82) is 0 Å². The molecule has 0 amide bonds. The van der Waals surface area contributed by atoms with Crippen LogP contribution in [0, 0.1) is 0 Å². The average molecular weight is 320 g/mol. The normalized spacial score (nSPS) is 11.5. The summed E-state index contributed by atoms with van der Waals surface area (Å²) in [6.07, 6.45) is 0.865. The molecular weight excluding hydrogens is 300 g/mol. The number of benzene rings is 1. The Bertz CT molecular complexity index is 710. The predicted octanol–water partition coefficient (Wildman–Crippen LogP) is 2.66. The lowest BCUT2D eigenvalue weighted by Gasteiger charge is -2.10. The minimum Gasteiger partial charge on any atom is -0.366 e. The van der Waals surface area contributed by atoms with E-state index in [-0.39, 0.29) is 16.8 Å². The Hall–Kier alpha value is -2.15. The molecule has 0 atom stereocenters. The van der Waals surface area contributed by atoms with Gasteiger partial charge in [0, 0.05) is 6.04 Å². The maximum atomic E-state index is 12.3. The highest BCUT2D eigenvalue weighted by atomic mass is 32.2. The summed E-state index contributed by atoms with van der Waals surface area (Å²) in [5.41, 5.74) is 1.09. The van der Waals surface area contributed by atoms with Crippen LogP contribution in [-0.2, 0) is 16.4 Å². The quantitative estimate of drug-likeness (QED) is 0.855. The molecule has 7 heteroatoms. The fraction of sp³-hybridized carbons (Fsp3) is 0.333. The Morgan fingerprint density at radius 3 is 2.09 bits per heavy atom. The zero-order valence-corrected chi connectivity index (χ0v) is 13.7. The number of nitrogens with one attached hydrogen (secondary N) is 2. The number of anilines is 2. The summed E-state index contributed by atoms with van der Waals surface area (Å²) in [4.78, 5) is 0.205. The van der Waals surface area contributed by atoms with E-state index in [1.165, 1.54) is 0 Å². The van der Waals surface area contributed by atoms with Crippen molar-refractivity contribution in [3.63, 3.8) is 0 Å². The topological polar surface area (TPSA) is 84.0 Å². The SMILES string of the molecule is CCc1ccc(S(=O)(=O)Nc2ccc(NC(C)C)nn2)cc1. The summed E-state index contributed by atoms with van der Waals surface area (Å²) < 4.78 is 27.0. The zero-order valence-electron chi connectivity index (χ0n) is 12.9. The number of nitrogens with zero attached hydrogens (tertiary/aromatic N) is 2. The molecule has 2 N–H and O–H groups in total. The largest absolute Gasteiger partial charge is 0.366 e. The van der Waals surface area contributed by atoms with Crippen LogP contribution >= 0.6 is 0 Å². The molecule has 0 spiro atoms. The van der Waals surface area contributed by atoms with Crippen molar-refractivity contribution in [3.05, 3.63) is 42.0 Å². The van der Waals surface area contributed by atoms with Gasteiger partial charge in [0.15, 0.2) is 5.82 Å². The molecule has 0 aliphatic heterocycles. The van der Waals surface area contributed by atoms with Gasteiger partial charge in [-0.25, -0.2) is 8.42 Å². The molecule has 6 nitrogen and oxygen atoms in total. The number of rotatable bonds is 6. The second kappa shape index (κ2) is 6.74. The molecule has 0 aliphatic rings. The molecular formula is C15H20N4O2S. The lowest BCUT2D eigenvalue weighted by molar-refractivity contribution is 0.601. The van der Waals surface area contributed by atoms with Gasteiger partial charge in [-0.2, -0.15) is 0 Å². The van der Waals surface area contributed by atoms with Crippen LogP contribution in [0.2, 0.25) is 0 Å². The van der Waals surface area contributed by atoms with Crippen molar-refractivity contribution in [2.45, 2.75) is 38.1 Å². The molecule has 0 fully saturated rings. The molecule has 0 saturated heterocycles. The molecule has 0 aliphatic carbocycles. The monoisotopic (exact) mass is 320 g/mol. The van der Waals surface area contributed by atoms with Crippen LogP contribution in [0.25, 0.3) is 0 Å². The molecule has 1 aromatic heterocycles. The van der Waals surface area contributed by atoms with Gasteiger partial charge in [-0.1, -0.05) is 19.1 Å². The number of sulfonamides is 1. The van der Waals surface area contributed by atoms with Gasteiger partial charge in [-0.3, -0.25) is 4.72 Å². The highest BCUT2D eigenvalue weighted by Crippen LogP contribution is 2.16. The first-order valence-electron chi connectivity index (χ1n) is 7.12. The van der Waals surface area contributed by atoms with Gasteiger partial charge >= 0.3 is 0 Å². The van der Waals surface area contributed by atoms with Gasteiger partial charge in [0.2, 0.25) is 0 Å². The fourth-order valence-corrected chi connectivity index (χ4v) is 2.86. The molecule has 1 heterocycles. The molecule has 118 valence electrons. The van der Waals surface area contributed by atoms with E-state index in [2.05, 4.69) is 20.2 Å². The highest BCUT2D eigenvalue weighted by molar-refractivity contribution is 7.92. The Morgan fingerprint density at radius 1 is 1.00 bits per heavy atom. The fourth-order valence-electron chi connectivity index (χ4n) is 1.86. The Balaban J connectivity index is 2.13. The van der Waals surface area contributed by atoms with E-state index < -0.39 is 10.0 Å². The molecule has 0 unspecified atom stereocenters.